The van der Waals surface area contributed by atoms with E-state index in [1.54, 1.807) is 30.3 Å². The summed E-state index contributed by atoms with van der Waals surface area (Å²) >= 11 is 0. The third-order valence-corrected chi connectivity index (χ3v) is 3.74. The average Bonchev–Trinajstić information content (AvgIpc) is 2.59. The monoisotopic (exact) mass is 309 g/mol. The van der Waals surface area contributed by atoms with Crippen molar-refractivity contribution in [3.63, 3.8) is 0 Å². The molecule has 2 aromatic rings. The van der Waals surface area contributed by atoms with Gasteiger partial charge in [0.2, 0.25) is 0 Å². The number of carbonyl (C=O) groups excluding carboxylic acids is 3. The Morgan fingerprint density at radius 3 is 2.13 bits per heavy atom. The van der Waals surface area contributed by atoms with Crippen molar-refractivity contribution in [2.45, 2.75) is 0 Å². The number of amides is 1. The van der Waals surface area contributed by atoms with Crippen LogP contribution in [-0.2, 0) is 0 Å². The summed E-state index contributed by atoms with van der Waals surface area (Å²) in [4.78, 5) is 37.1. The molecule has 0 saturated carbocycles. The molecule has 0 unspecified atom stereocenters. The molecule has 1 aliphatic carbocycles. The average molecular weight is 309 g/mol. The van der Waals surface area contributed by atoms with Crippen LogP contribution < -0.4 is 16.6 Å². The number of fused-ring (bicyclic) bond motifs is 2. The van der Waals surface area contributed by atoms with Crippen LogP contribution in [-0.4, -0.2) is 30.6 Å². The van der Waals surface area contributed by atoms with Crippen molar-refractivity contribution in [3.8, 4) is 0 Å². The van der Waals surface area contributed by atoms with E-state index < -0.39 is 0 Å². The number of hydrazine groups is 1. The number of hydrogen-bond donors (Lipinski definition) is 3. The van der Waals surface area contributed by atoms with Gasteiger partial charge in [0.1, 0.15) is 0 Å². The van der Waals surface area contributed by atoms with Gasteiger partial charge >= 0.3 is 0 Å². The van der Waals surface area contributed by atoms with Crippen molar-refractivity contribution >= 4 is 17.5 Å². The van der Waals surface area contributed by atoms with Crippen LogP contribution in [0.2, 0.25) is 0 Å². The molecule has 4 N–H and O–H groups in total. The van der Waals surface area contributed by atoms with E-state index in [9.17, 15) is 14.4 Å². The summed E-state index contributed by atoms with van der Waals surface area (Å²) in [5, 5.41) is 2.67. The van der Waals surface area contributed by atoms with Crippen LogP contribution in [0, 0.1) is 0 Å². The normalized spacial score (nSPS) is 12.6. The van der Waals surface area contributed by atoms with Crippen LogP contribution in [0.5, 0.6) is 0 Å². The second kappa shape index (κ2) is 6.12. The molecular weight excluding hydrogens is 294 g/mol. The molecule has 0 bridgehead atoms. The molecule has 0 saturated heterocycles. The fourth-order valence-corrected chi connectivity index (χ4v) is 2.59. The van der Waals surface area contributed by atoms with E-state index in [2.05, 4.69) is 10.7 Å². The lowest BCUT2D eigenvalue weighted by atomic mass is 9.83. The zero-order valence-electron chi connectivity index (χ0n) is 12.3. The summed E-state index contributed by atoms with van der Waals surface area (Å²) in [5.41, 5.74) is 4.13. The lowest BCUT2D eigenvalue weighted by Crippen LogP contribution is -2.34. The molecule has 1 aliphatic rings. The van der Waals surface area contributed by atoms with E-state index in [-0.39, 0.29) is 23.0 Å². The minimum atomic E-state index is -0.317. The molecule has 0 spiro atoms. The quantitative estimate of drug-likeness (QED) is 0.373. The number of nitrogens with one attached hydrogen (secondary N) is 2. The molecule has 6 nitrogen and oxygen atoms in total. The number of nitrogens with two attached hydrogens (primary N) is 1. The topological polar surface area (TPSA) is 101 Å². The second-order valence-corrected chi connectivity index (χ2v) is 5.17. The third-order valence-electron chi connectivity index (χ3n) is 3.74. The standard InChI is InChI=1S/C17H15N3O3/c18-20-8-7-19-17(23)10-5-6-13-14(9-10)16(22)12-4-2-1-3-11(12)15(13)21/h1-6,9,20H,7-8,18H2,(H,19,23). The third kappa shape index (κ3) is 2.65. The van der Waals surface area contributed by atoms with Crippen molar-refractivity contribution in [2.75, 3.05) is 13.1 Å². The Morgan fingerprint density at radius 2 is 1.48 bits per heavy atom. The summed E-state index contributed by atoms with van der Waals surface area (Å²) in [7, 11) is 0. The Kier molecular flexibility index (Phi) is 4.01. The summed E-state index contributed by atoms with van der Waals surface area (Å²) in [5.74, 6) is 4.38. The first-order chi connectivity index (χ1) is 11.1. The van der Waals surface area contributed by atoms with Crippen molar-refractivity contribution in [2.24, 2.45) is 5.84 Å². The molecule has 0 aliphatic heterocycles. The van der Waals surface area contributed by atoms with E-state index in [1.807, 2.05) is 0 Å². The van der Waals surface area contributed by atoms with Gasteiger partial charge in [-0.05, 0) is 18.2 Å². The number of hydrogen-bond acceptors (Lipinski definition) is 5. The molecule has 0 fully saturated rings. The van der Waals surface area contributed by atoms with Gasteiger partial charge in [-0.2, -0.15) is 0 Å². The van der Waals surface area contributed by atoms with Gasteiger partial charge in [-0.25, -0.2) is 0 Å². The fraction of sp³-hybridized carbons (Fsp3) is 0.118. The molecule has 2 aromatic carbocycles. The molecule has 1 amide bonds. The minimum absolute atomic E-state index is 0.200. The van der Waals surface area contributed by atoms with Crippen molar-refractivity contribution in [1.29, 1.82) is 0 Å². The Morgan fingerprint density at radius 1 is 0.870 bits per heavy atom. The predicted octanol–water partition coefficient (Wildman–Crippen LogP) is 0.655. The highest BCUT2D eigenvalue weighted by molar-refractivity contribution is 6.28. The maximum absolute atomic E-state index is 12.6. The first kappa shape index (κ1) is 15.1. The van der Waals surface area contributed by atoms with Crippen LogP contribution >= 0.6 is 0 Å². The first-order valence-electron chi connectivity index (χ1n) is 7.17. The number of benzene rings is 2. The van der Waals surface area contributed by atoms with E-state index in [0.29, 0.717) is 35.3 Å². The van der Waals surface area contributed by atoms with Gasteiger partial charge in [0, 0.05) is 40.9 Å². The van der Waals surface area contributed by atoms with E-state index in [0.717, 1.165) is 0 Å². The maximum Gasteiger partial charge on any atom is 0.251 e. The molecular formula is C17H15N3O3. The summed E-state index contributed by atoms with van der Waals surface area (Å²) in [6, 6.07) is 11.2. The van der Waals surface area contributed by atoms with Gasteiger partial charge in [-0.1, -0.05) is 24.3 Å². The Bertz CT molecular complexity index is 814. The van der Waals surface area contributed by atoms with E-state index in [4.69, 9.17) is 5.84 Å². The van der Waals surface area contributed by atoms with Crippen LogP contribution in [0.4, 0.5) is 0 Å². The van der Waals surface area contributed by atoms with Gasteiger partial charge in [0.25, 0.3) is 5.91 Å². The fourth-order valence-electron chi connectivity index (χ4n) is 2.59. The maximum atomic E-state index is 12.6. The van der Waals surface area contributed by atoms with E-state index >= 15 is 0 Å². The lowest BCUT2D eigenvalue weighted by molar-refractivity contribution is 0.0951. The first-order valence-corrected chi connectivity index (χ1v) is 7.17. The lowest BCUT2D eigenvalue weighted by Gasteiger charge is -2.17. The molecule has 116 valence electrons. The largest absolute Gasteiger partial charge is 0.351 e. The summed E-state index contributed by atoms with van der Waals surface area (Å²) < 4.78 is 0. The van der Waals surface area contributed by atoms with Crippen LogP contribution in [0.3, 0.4) is 0 Å². The Balaban J connectivity index is 1.96. The van der Waals surface area contributed by atoms with Crippen LogP contribution in [0.25, 0.3) is 0 Å². The number of rotatable bonds is 4. The van der Waals surface area contributed by atoms with Gasteiger partial charge in [0.15, 0.2) is 11.6 Å². The number of carbonyl (C=O) groups is 3. The summed E-state index contributed by atoms with van der Waals surface area (Å²) in [6.45, 7) is 0.795. The Labute approximate surface area is 132 Å². The number of ketones is 2. The highest BCUT2D eigenvalue weighted by atomic mass is 16.2. The molecule has 0 aromatic heterocycles. The Hall–Kier alpha value is -2.83. The predicted molar refractivity (Wildman–Crippen MR) is 84.3 cm³/mol. The minimum Gasteiger partial charge on any atom is -0.351 e. The SMILES string of the molecule is NNCCNC(=O)c1ccc2c(c1)C(=O)c1ccccc1C2=O. The van der Waals surface area contributed by atoms with Gasteiger partial charge in [-0.3, -0.25) is 25.7 Å². The molecule has 0 heterocycles. The van der Waals surface area contributed by atoms with E-state index in [1.165, 1.54) is 12.1 Å². The van der Waals surface area contributed by atoms with Gasteiger partial charge < -0.3 is 5.32 Å². The molecule has 3 rings (SSSR count). The van der Waals surface area contributed by atoms with Crippen LogP contribution in [0.1, 0.15) is 42.2 Å². The molecule has 0 radical (unpaired) electrons. The zero-order valence-corrected chi connectivity index (χ0v) is 12.3. The molecule has 6 heteroatoms. The van der Waals surface area contributed by atoms with Gasteiger partial charge in [0.05, 0.1) is 0 Å². The highest BCUT2D eigenvalue weighted by Crippen LogP contribution is 2.27. The van der Waals surface area contributed by atoms with Crippen LogP contribution in [0.15, 0.2) is 42.5 Å². The van der Waals surface area contributed by atoms with Crippen molar-refractivity contribution in [3.05, 3.63) is 70.3 Å². The smallest absolute Gasteiger partial charge is 0.251 e. The van der Waals surface area contributed by atoms with Crippen molar-refractivity contribution in [1.82, 2.24) is 10.7 Å². The summed E-state index contributed by atoms with van der Waals surface area (Å²) in [6.07, 6.45) is 0. The molecule has 0 atom stereocenters. The highest BCUT2D eigenvalue weighted by Gasteiger charge is 2.29. The second-order valence-electron chi connectivity index (χ2n) is 5.17. The van der Waals surface area contributed by atoms with Crippen molar-refractivity contribution < 1.29 is 14.4 Å². The van der Waals surface area contributed by atoms with Gasteiger partial charge in [-0.15, -0.1) is 0 Å². The molecule has 23 heavy (non-hydrogen) atoms. The zero-order chi connectivity index (χ0) is 16.4.